The molecule has 20 heavy (non-hydrogen) atoms. The molecule has 0 amide bonds. The van der Waals surface area contributed by atoms with Crippen LogP contribution in [0.1, 0.15) is 37.9 Å². The van der Waals surface area contributed by atoms with Gasteiger partial charge in [0.25, 0.3) is 0 Å². The van der Waals surface area contributed by atoms with E-state index in [1.807, 2.05) is 6.07 Å². The number of piperidine rings is 1. The van der Waals surface area contributed by atoms with Gasteiger partial charge in [-0.2, -0.15) is 18.4 Å². The van der Waals surface area contributed by atoms with Crippen LogP contribution in [0.3, 0.4) is 0 Å². The maximum Gasteiger partial charge on any atom is 0.433 e. The molecular formula is C14H16F3N3. The molecule has 0 radical (unpaired) electrons. The fraction of sp³-hybridized carbons (Fsp3) is 0.571. The summed E-state index contributed by atoms with van der Waals surface area (Å²) >= 11 is 0. The van der Waals surface area contributed by atoms with Crippen molar-refractivity contribution in [3.8, 4) is 6.07 Å². The molecule has 1 aliphatic heterocycles. The van der Waals surface area contributed by atoms with Gasteiger partial charge < -0.3 is 4.90 Å². The molecule has 1 fully saturated rings. The number of pyridine rings is 1. The summed E-state index contributed by atoms with van der Waals surface area (Å²) in [6.45, 7) is 5.38. The number of alkyl halides is 3. The quantitative estimate of drug-likeness (QED) is 0.790. The van der Waals surface area contributed by atoms with E-state index in [0.29, 0.717) is 13.1 Å². The first-order valence-electron chi connectivity index (χ1n) is 6.46. The number of anilines is 1. The number of halogens is 3. The van der Waals surface area contributed by atoms with Crippen LogP contribution < -0.4 is 4.90 Å². The molecule has 108 valence electrons. The van der Waals surface area contributed by atoms with E-state index in [-0.39, 0.29) is 16.8 Å². The van der Waals surface area contributed by atoms with Gasteiger partial charge >= 0.3 is 6.18 Å². The molecule has 1 saturated heterocycles. The van der Waals surface area contributed by atoms with Gasteiger partial charge in [0.15, 0.2) is 0 Å². The first kappa shape index (κ1) is 14.6. The lowest BCUT2D eigenvalue weighted by Crippen LogP contribution is -2.41. The maximum absolute atomic E-state index is 12.8. The smallest absolute Gasteiger partial charge is 0.355 e. The van der Waals surface area contributed by atoms with Crippen LogP contribution in [0.2, 0.25) is 0 Å². The topological polar surface area (TPSA) is 39.9 Å². The molecule has 6 heteroatoms. The van der Waals surface area contributed by atoms with Crippen molar-refractivity contribution < 1.29 is 13.2 Å². The predicted octanol–water partition coefficient (Wildman–Crippen LogP) is 3.60. The average Bonchev–Trinajstić information content (AvgIpc) is 2.35. The zero-order valence-electron chi connectivity index (χ0n) is 11.5. The molecule has 0 saturated carbocycles. The summed E-state index contributed by atoms with van der Waals surface area (Å²) in [7, 11) is 0. The molecule has 3 nitrogen and oxygen atoms in total. The van der Waals surface area contributed by atoms with Crippen LogP contribution >= 0.6 is 0 Å². The third kappa shape index (κ3) is 3.03. The number of nitriles is 1. The maximum atomic E-state index is 12.8. The van der Waals surface area contributed by atoms with Crippen LogP contribution in [-0.2, 0) is 6.18 Å². The summed E-state index contributed by atoms with van der Waals surface area (Å²) in [6.07, 6.45) is -2.59. The molecule has 0 N–H and O–H groups in total. The van der Waals surface area contributed by atoms with E-state index >= 15 is 0 Å². The van der Waals surface area contributed by atoms with Gasteiger partial charge in [0, 0.05) is 13.1 Å². The van der Waals surface area contributed by atoms with Gasteiger partial charge in [-0.05, 0) is 30.4 Å². The van der Waals surface area contributed by atoms with E-state index in [0.717, 1.165) is 18.9 Å². The Balaban J connectivity index is 2.41. The van der Waals surface area contributed by atoms with Crippen LogP contribution in [0, 0.1) is 16.7 Å². The highest BCUT2D eigenvalue weighted by molar-refractivity contribution is 5.55. The zero-order valence-corrected chi connectivity index (χ0v) is 11.5. The summed E-state index contributed by atoms with van der Waals surface area (Å²) in [5, 5.41) is 9.07. The minimum absolute atomic E-state index is 0.0148. The fourth-order valence-electron chi connectivity index (χ4n) is 2.54. The van der Waals surface area contributed by atoms with Gasteiger partial charge in [0.2, 0.25) is 0 Å². The SMILES string of the molecule is CC1(C)CCCN(c2nc(C(F)(F)F)ccc2C#N)C1. The number of rotatable bonds is 1. The van der Waals surface area contributed by atoms with Crippen LogP contribution in [0.4, 0.5) is 19.0 Å². The highest BCUT2D eigenvalue weighted by Gasteiger charge is 2.35. The summed E-state index contributed by atoms with van der Waals surface area (Å²) in [5.74, 6) is 0.148. The first-order chi connectivity index (χ1) is 9.23. The molecule has 0 aliphatic carbocycles. The van der Waals surface area contributed by atoms with Crippen molar-refractivity contribution in [2.45, 2.75) is 32.9 Å². The van der Waals surface area contributed by atoms with Crippen molar-refractivity contribution in [3.63, 3.8) is 0 Å². The molecule has 0 spiro atoms. The summed E-state index contributed by atoms with van der Waals surface area (Å²) in [6, 6.07) is 3.99. The molecule has 1 aromatic heterocycles. The molecule has 0 bridgehead atoms. The van der Waals surface area contributed by atoms with Gasteiger partial charge in [-0.3, -0.25) is 0 Å². The van der Waals surface area contributed by atoms with E-state index < -0.39 is 11.9 Å². The van der Waals surface area contributed by atoms with Gasteiger partial charge in [-0.15, -0.1) is 0 Å². The largest absolute Gasteiger partial charge is 0.433 e. The highest BCUT2D eigenvalue weighted by Crippen LogP contribution is 2.34. The third-order valence-corrected chi connectivity index (χ3v) is 3.49. The standard InChI is InChI=1S/C14H16F3N3/c1-13(2)6-3-7-20(9-13)12-10(8-18)4-5-11(19-12)14(15,16)17/h4-5H,3,6-7,9H2,1-2H3. The second-order valence-corrected chi connectivity index (χ2v) is 5.87. The summed E-state index contributed by atoms with van der Waals surface area (Å²) < 4.78 is 38.3. The minimum atomic E-state index is -4.49. The Morgan fingerprint density at radius 1 is 1.35 bits per heavy atom. The summed E-state index contributed by atoms with van der Waals surface area (Å²) in [5.41, 5.74) is -0.744. The lowest BCUT2D eigenvalue weighted by molar-refractivity contribution is -0.141. The van der Waals surface area contributed by atoms with Crippen LogP contribution in [-0.4, -0.2) is 18.1 Å². The predicted molar refractivity (Wildman–Crippen MR) is 69.2 cm³/mol. The van der Waals surface area contributed by atoms with E-state index in [4.69, 9.17) is 5.26 Å². The van der Waals surface area contributed by atoms with Crippen LogP contribution in [0.5, 0.6) is 0 Å². The summed E-state index contributed by atoms with van der Waals surface area (Å²) in [4.78, 5) is 5.47. The molecule has 0 unspecified atom stereocenters. The van der Waals surface area contributed by atoms with Gasteiger partial charge in [-0.1, -0.05) is 13.8 Å². The van der Waals surface area contributed by atoms with Gasteiger partial charge in [0.05, 0.1) is 5.56 Å². The average molecular weight is 283 g/mol. The van der Waals surface area contributed by atoms with E-state index in [1.165, 1.54) is 6.07 Å². The fourth-order valence-corrected chi connectivity index (χ4v) is 2.54. The molecule has 2 heterocycles. The van der Waals surface area contributed by atoms with Crippen molar-refractivity contribution in [1.29, 1.82) is 5.26 Å². The minimum Gasteiger partial charge on any atom is -0.355 e. The van der Waals surface area contributed by atoms with Crippen molar-refractivity contribution in [1.82, 2.24) is 4.98 Å². The van der Waals surface area contributed by atoms with Crippen LogP contribution in [0.15, 0.2) is 12.1 Å². The normalized spacial score (nSPS) is 18.7. The van der Waals surface area contributed by atoms with Gasteiger partial charge in [0.1, 0.15) is 17.6 Å². The number of hydrogen-bond donors (Lipinski definition) is 0. The lowest BCUT2D eigenvalue weighted by Gasteiger charge is -2.39. The molecule has 1 aromatic rings. The number of aromatic nitrogens is 1. The Labute approximate surface area is 116 Å². The number of hydrogen-bond acceptors (Lipinski definition) is 3. The monoisotopic (exact) mass is 283 g/mol. The third-order valence-electron chi connectivity index (χ3n) is 3.49. The van der Waals surface area contributed by atoms with E-state index in [1.54, 1.807) is 4.90 Å². The van der Waals surface area contributed by atoms with E-state index in [9.17, 15) is 13.2 Å². The van der Waals surface area contributed by atoms with Crippen molar-refractivity contribution >= 4 is 5.82 Å². The first-order valence-corrected chi connectivity index (χ1v) is 6.46. The van der Waals surface area contributed by atoms with Crippen LogP contribution in [0.25, 0.3) is 0 Å². The Morgan fingerprint density at radius 3 is 2.60 bits per heavy atom. The second-order valence-electron chi connectivity index (χ2n) is 5.87. The lowest BCUT2D eigenvalue weighted by atomic mass is 9.84. The van der Waals surface area contributed by atoms with Crippen molar-refractivity contribution in [3.05, 3.63) is 23.4 Å². The molecule has 1 aliphatic rings. The Kier molecular flexibility index (Phi) is 3.63. The molecular weight excluding hydrogens is 267 g/mol. The van der Waals surface area contributed by atoms with E-state index in [2.05, 4.69) is 18.8 Å². The Hall–Kier alpha value is -1.77. The van der Waals surface area contributed by atoms with Crippen molar-refractivity contribution in [2.75, 3.05) is 18.0 Å². The number of nitrogens with zero attached hydrogens (tertiary/aromatic N) is 3. The molecule has 0 atom stereocenters. The zero-order chi connectivity index (χ0) is 15.0. The molecule has 2 rings (SSSR count). The highest BCUT2D eigenvalue weighted by atomic mass is 19.4. The second kappa shape index (κ2) is 4.97. The van der Waals surface area contributed by atoms with Crippen molar-refractivity contribution in [2.24, 2.45) is 5.41 Å². The van der Waals surface area contributed by atoms with Gasteiger partial charge in [-0.25, -0.2) is 4.98 Å². The Bertz CT molecular complexity index is 544. The Morgan fingerprint density at radius 2 is 2.05 bits per heavy atom. The molecule has 0 aromatic carbocycles.